The van der Waals surface area contributed by atoms with Crippen LogP contribution in [0.25, 0.3) is 0 Å². The summed E-state index contributed by atoms with van der Waals surface area (Å²) in [5, 5.41) is 9.11. The van der Waals surface area contributed by atoms with Crippen molar-refractivity contribution in [2.45, 2.75) is 5.33 Å². The monoisotopic (exact) mass is 291 g/mol. The fourth-order valence-corrected chi connectivity index (χ4v) is 2.08. The molecule has 0 saturated carbocycles. The van der Waals surface area contributed by atoms with Crippen molar-refractivity contribution in [3.8, 4) is 6.07 Å². The Morgan fingerprint density at radius 1 is 1.50 bits per heavy atom. The van der Waals surface area contributed by atoms with E-state index in [1.54, 1.807) is 6.07 Å². The summed E-state index contributed by atoms with van der Waals surface area (Å²) in [4.78, 5) is 0. The molecule has 0 unspecified atom stereocenters. The molecule has 1 nitrogen and oxygen atoms in total. The summed E-state index contributed by atoms with van der Waals surface area (Å²) in [5.74, 6) is -0.492. The molecule has 0 saturated heterocycles. The predicted octanol–water partition coefficient (Wildman–Crippen LogP) is 3.35. The van der Waals surface area contributed by atoms with Crippen LogP contribution in [0, 0.1) is 17.1 Å². The fraction of sp³-hybridized carbons (Fsp3) is 0.125. The van der Waals surface area contributed by atoms with Gasteiger partial charge in [-0.3, -0.25) is 0 Å². The number of halogens is 3. The van der Waals surface area contributed by atoms with Crippen molar-refractivity contribution in [1.82, 2.24) is 0 Å². The standard InChI is InChI=1S/C8H4Br2FN/c9-3-5-1-6(4-12)8(11)2-7(5)10/h1-2H,3H2. The lowest BCUT2D eigenvalue weighted by molar-refractivity contribution is 0.622. The minimum Gasteiger partial charge on any atom is -0.206 e. The van der Waals surface area contributed by atoms with Crippen molar-refractivity contribution in [1.29, 1.82) is 5.26 Å². The Kier molecular flexibility index (Phi) is 3.24. The number of nitriles is 1. The molecule has 0 fully saturated rings. The van der Waals surface area contributed by atoms with Crippen molar-refractivity contribution < 1.29 is 4.39 Å². The smallest absolute Gasteiger partial charge is 0.142 e. The normalized spacial score (nSPS) is 9.50. The molecule has 4 heteroatoms. The molecule has 0 aliphatic carbocycles. The van der Waals surface area contributed by atoms with Crippen LogP contribution in [0.5, 0.6) is 0 Å². The van der Waals surface area contributed by atoms with Gasteiger partial charge in [0.25, 0.3) is 0 Å². The van der Waals surface area contributed by atoms with Crippen LogP contribution in [0.2, 0.25) is 0 Å². The second kappa shape index (κ2) is 4.01. The van der Waals surface area contributed by atoms with Crippen molar-refractivity contribution in [3.05, 3.63) is 33.5 Å². The van der Waals surface area contributed by atoms with Gasteiger partial charge in [-0.2, -0.15) is 5.26 Å². The topological polar surface area (TPSA) is 23.8 Å². The maximum absolute atomic E-state index is 12.9. The van der Waals surface area contributed by atoms with Crippen molar-refractivity contribution in [3.63, 3.8) is 0 Å². The largest absolute Gasteiger partial charge is 0.206 e. The van der Waals surface area contributed by atoms with Gasteiger partial charge in [-0.25, -0.2) is 4.39 Å². The Balaban J connectivity index is 3.30. The van der Waals surface area contributed by atoms with Crippen LogP contribution in [-0.4, -0.2) is 0 Å². The first kappa shape index (κ1) is 9.69. The zero-order chi connectivity index (χ0) is 9.14. The maximum Gasteiger partial charge on any atom is 0.142 e. The van der Waals surface area contributed by atoms with E-state index in [1.165, 1.54) is 12.1 Å². The second-order valence-corrected chi connectivity index (χ2v) is 3.58. The molecule has 1 rings (SSSR count). The summed E-state index contributed by atoms with van der Waals surface area (Å²) in [6.45, 7) is 0. The van der Waals surface area contributed by atoms with Gasteiger partial charge in [0.1, 0.15) is 11.9 Å². The summed E-state index contributed by atoms with van der Waals surface area (Å²) >= 11 is 6.43. The number of rotatable bonds is 1. The van der Waals surface area contributed by atoms with Gasteiger partial charge in [0.05, 0.1) is 5.56 Å². The third-order valence-electron chi connectivity index (χ3n) is 1.40. The highest BCUT2D eigenvalue weighted by atomic mass is 79.9. The van der Waals surface area contributed by atoms with Gasteiger partial charge in [0, 0.05) is 9.80 Å². The van der Waals surface area contributed by atoms with E-state index in [2.05, 4.69) is 31.9 Å². The van der Waals surface area contributed by atoms with E-state index in [4.69, 9.17) is 5.26 Å². The third kappa shape index (κ3) is 1.85. The Morgan fingerprint density at radius 3 is 2.67 bits per heavy atom. The Bertz CT molecular complexity index is 344. The summed E-state index contributed by atoms with van der Waals surface area (Å²) in [5.41, 5.74) is 0.945. The lowest BCUT2D eigenvalue weighted by Crippen LogP contribution is -1.88. The molecule has 0 aliphatic rings. The van der Waals surface area contributed by atoms with E-state index in [0.29, 0.717) is 9.80 Å². The van der Waals surface area contributed by atoms with Crippen molar-refractivity contribution in [2.75, 3.05) is 0 Å². The highest BCUT2D eigenvalue weighted by Gasteiger charge is 2.06. The molecule has 0 bridgehead atoms. The zero-order valence-corrected chi connectivity index (χ0v) is 9.11. The number of alkyl halides is 1. The van der Waals surface area contributed by atoms with Crippen molar-refractivity contribution >= 4 is 31.9 Å². The molecule has 0 heterocycles. The molecule has 62 valence electrons. The van der Waals surface area contributed by atoms with Crippen LogP contribution in [0.3, 0.4) is 0 Å². The zero-order valence-electron chi connectivity index (χ0n) is 5.94. The molecule has 0 amide bonds. The number of nitrogens with zero attached hydrogens (tertiary/aromatic N) is 1. The van der Waals surface area contributed by atoms with E-state index in [9.17, 15) is 4.39 Å². The van der Waals surface area contributed by atoms with Crippen LogP contribution >= 0.6 is 31.9 Å². The first-order valence-corrected chi connectivity index (χ1v) is 5.04. The quantitative estimate of drug-likeness (QED) is 0.728. The molecular formula is C8H4Br2FN. The molecule has 0 spiro atoms. The van der Waals surface area contributed by atoms with Gasteiger partial charge in [-0.05, 0) is 17.7 Å². The van der Waals surface area contributed by atoms with E-state index < -0.39 is 5.82 Å². The van der Waals surface area contributed by atoms with Crippen LogP contribution in [0.15, 0.2) is 16.6 Å². The third-order valence-corrected chi connectivity index (χ3v) is 2.74. The number of benzene rings is 1. The van der Waals surface area contributed by atoms with Gasteiger partial charge in [-0.1, -0.05) is 31.9 Å². The maximum atomic E-state index is 12.9. The second-order valence-electron chi connectivity index (χ2n) is 2.17. The SMILES string of the molecule is N#Cc1cc(CBr)c(Br)cc1F. The number of hydrogen-bond acceptors (Lipinski definition) is 1. The van der Waals surface area contributed by atoms with E-state index >= 15 is 0 Å². The molecule has 0 N–H and O–H groups in total. The Morgan fingerprint density at radius 2 is 2.17 bits per heavy atom. The first-order chi connectivity index (χ1) is 5.69. The van der Waals surface area contributed by atoms with Gasteiger partial charge in [0.15, 0.2) is 0 Å². The number of hydrogen-bond donors (Lipinski definition) is 0. The summed E-state index contributed by atoms with van der Waals surface area (Å²) in [6.07, 6.45) is 0. The van der Waals surface area contributed by atoms with E-state index in [1.807, 2.05) is 0 Å². The summed E-state index contributed by atoms with van der Waals surface area (Å²) in [6, 6.07) is 4.60. The molecule has 0 atom stereocenters. The van der Waals surface area contributed by atoms with Gasteiger partial charge in [-0.15, -0.1) is 0 Å². The van der Waals surface area contributed by atoms with E-state index in [0.717, 1.165) is 5.56 Å². The molecular weight excluding hydrogens is 289 g/mol. The molecule has 0 radical (unpaired) electrons. The minimum absolute atomic E-state index is 0.0765. The highest BCUT2D eigenvalue weighted by Crippen LogP contribution is 2.22. The van der Waals surface area contributed by atoms with Crippen LogP contribution < -0.4 is 0 Å². The van der Waals surface area contributed by atoms with Crippen LogP contribution in [0.1, 0.15) is 11.1 Å². The van der Waals surface area contributed by atoms with Gasteiger partial charge < -0.3 is 0 Å². The molecule has 0 aromatic heterocycles. The van der Waals surface area contributed by atoms with Gasteiger partial charge in [0.2, 0.25) is 0 Å². The molecule has 0 aliphatic heterocycles. The Hall–Kier alpha value is -0.400. The molecule has 12 heavy (non-hydrogen) atoms. The van der Waals surface area contributed by atoms with Gasteiger partial charge >= 0.3 is 0 Å². The first-order valence-electron chi connectivity index (χ1n) is 3.13. The average Bonchev–Trinajstić information content (AvgIpc) is 2.05. The fourth-order valence-electron chi connectivity index (χ4n) is 0.782. The lowest BCUT2D eigenvalue weighted by Gasteiger charge is -2.00. The average molecular weight is 293 g/mol. The molecule has 1 aromatic carbocycles. The minimum atomic E-state index is -0.492. The lowest BCUT2D eigenvalue weighted by atomic mass is 10.1. The van der Waals surface area contributed by atoms with Crippen LogP contribution in [-0.2, 0) is 5.33 Å². The van der Waals surface area contributed by atoms with Crippen molar-refractivity contribution in [2.24, 2.45) is 0 Å². The molecule has 1 aromatic rings. The summed E-state index contributed by atoms with van der Waals surface area (Å²) < 4.78 is 13.6. The predicted molar refractivity (Wildman–Crippen MR) is 51.4 cm³/mol. The summed E-state index contributed by atoms with van der Waals surface area (Å²) in [7, 11) is 0. The highest BCUT2D eigenvalue weighted by molar-refractivity contribution is 9.10. The van der Waals surface area contributed by atoms with Crippen LogP contribution in [0.4, 0.5) is 4.39 Å². The van der Waals surface area contributed by atoms with E-state index in [-0.39, 0.29) is 5.56 Å². The Labute approximate surface area is 86.5 Å².